The summed E-state index contributed by atoms with van der Waals surface area (Å²) in [6.45, 7) is 1.18. The summed E-state index contributed by atoms with van der Waals surface area (Å²) in [5.74, 6) is 0. The first-order valence-corrected chi connectivity index (χ1v) is 6.07. The summed E-state index contributed by atoms with van der Waals surface area (Å²) in [5, 5.41) is 3.56. The molecule has 1 aromatic rings. The van der Waals surface area contributed by atoms with E-state index in [1.165, 1.54) is 31.4 Å². The van der Waals surface area contributed by atoms with Crippen molar-refractivity contribution >= 4 is 0 Å². The first kappa shape index (κ1) is 11.6. The van der Waals surface area contributed by atoms with E-state index in [1.807, 2.05) is 18.5 Å². The van der Waals surface area contributed by atoms with Crippen molar-refractivity contribution in [1.29, 1.82) is 0 Å². The average molecular weight is 219 g/mol. The molecular weight excluding hydrogens is 198 g/mol. The number of hydrogen-bond acceptors (Lipinski definition) is 3. The average Bonchev–Trinajstić information content (AvgIpc) is 2.79. The van der Waals surface area contributed by atoms with E-state index < -0.39 is 0 Å². The maximum atomic E-state index is 4.22. The first-order valence-electron chi connectivity index (χ1n) is 6.07. The van der Waals surface area contributed by atoms with Crippen molar-refractivity contribution in [1.82, 2.24) is 15.2 Å². The lowest BCUT2D eigenvalue weighted by atomic mass is 9.99. The second-order valence-electron chi connectivity index (χ2n) is 4.79. The molecule has 1 N–H and O–H groups in total. The van der Waals surface area contributed by atoms with Crippen molar-refractivity contribution in [2.24, 2.45) is 0 Å². The van der Waals surface area contributed by atoms with Gasteiger partial charge in [-0.2, -0.15) is 0 Å². The van der Waals surface area contributed by atoms with E-state index in [0.29, 0.717) is 12.1 Å². The van der Waals surface area contributed by atoms with Crippen molar-refractivity contribution in [3.05, 3.63) is 30.1 Å². The summed E-state index contributed by atoms with van der Waals surface area (Å²) in [6.07, 6.45) is 7.63. The number of rotatable bonds is 4. The lowest BCUT2D eigenvalue weighted by Gasteiger charge is -2.27. The third kappa shape index (κ3) is 2.80. The van der Waals surface area contributed by atoms with Crippen molar-refractivity contribution in [2.75, 3.05) is 20.6 Å². The van der Waals surface area contributed by atoms with Crippen LogP contribution in [0.15, 0.2) is 24.5 Å². The second-order valence-corrected chi connectivity index (χ2v) is 4.79. The van der Waals surface area contributed by atoms with Crippen molar-refractivity contribution < 1.29 is 0 Å². The lowest BCUT2D eigenvalue weighted by Crippen LogP contribution is -2.29. The Morgan fingerprint density at radius 3 is 3.00 bits per heavy atom. The van der Waals surface area contributed by atoms with Crippen LogP contribution in [0.1, 0.15) is 30.9 Å². The van der Waals surface area contributed by atoms with Gasteiger partial charge in [0.25, 0.3) is 0 Å². The van der Waals surface area contributed by atoms with E-state index >= 15 is 0 Å². The zero-order valence-corrected chi connectivity index (χ0v) is 10.2. The SMILES string of the molecule is CN(C)C(CC1CCCN1)c1cccnc1. The zero-order chi connectivity index (χ0) is 11.4. The van der Waals surface area contributed by atoms with Crippen LogP contribution in [0.4, 0.5) is 0 Å². The fourth-order valence-electron chi connectivity index (χ4n) is 2.45. The summed E-state index contributed by atoms with van der Waals surface area (Å²) in [5.41, 5.74) is 1.32. The summed E-state index contributed by atoms with van der Waals surface area (Å²) in [4.78, 5) is 6.50. The van der Waals surface area contributed by atoms with Gasteiger partial charge in [-0.25, -0.2) is 0 Å². The van der Waals surface area contributed by atoms with Crippen LogP contribution in [0.2, 0.25) is 0 Å². The van der Waals surface area contributed by atoms with Crippen LogP contribution in [-0.4, -0.2) is 36.6 Å². The summed E-state index contributed by atoms with van der Waals surface area (Å²) in [7, 11) is 4.29. The lowest BCUT2D eigenvalue weighted by molar-refractivity contribution is 0.262. The smallest absolute Gasteiger partial charge is 0.0372 e. The molecule has 1 saturated heterocycles. The molecule has 1 fully saturated rings. The van der Waals surface area contributed by atoms with Crippen LogP contribution < -0.4 is 5.32 Å². The van der Waals surface area contributed by atoms with Gasteiger partial charge >= 0.3 is 0 Å². The van der Waals surface area contributed by atoms with Gasteiger partial charge in [-0.05, 0) is 51.5 Å². The van der Waals surface area contributed by atoms with Crippen LogP contribution in [0, 0.1) is 0 Å². The number of aromatic nitrogens is 1. The fourth-order valence-corrected chi connectivity index (χ4v) is 2.45. The van der Waals surface area contributed by atoms with E-state index in [1.54, 1.807) is 0 Å². The van der Waals surface area contributed by atoms with Gasteiger partial charge in [0.05, 0.1) is 0 Å². The van der Waals surface area contributed by atoms with Gasteiger partial charge < -0.3 is 10.2 Å². The van der Waals surface area contributed by atoms with Gasteiger partial charge in [0.15, 0.2) is 0 Å². The van der Waals surface area contributed by atoms with E-state index in [9.17, 15) is 0 Å². The molecule has 2 heterocycles. The van der Waals surface area contributed by atoms with Gasteiger partial charge in [0, 0.05) is 24.5 Å². The predicted octanol–water partition coefficient (Wildman–Crippen LogP) is 1.83. The zero-order valence-electron chi connectivity index (χ0n) is 10.2. The Kier molecular flexibility index (Phi) is 3.91. The highest BCUT2D eigenvalue weighted by Crippen LogP contribution is 2.25. The quantitative estimate of drug-likeness (QED) is 0.837. The summed E-state index contributed by atoms with van der Waals surface area (Å²) < 4.78 is 0. The minimum Gasteiger partial charge on any atom is -0.314 e. The molecule has 0 saturated carbocycles. The molecule has 3 nitrogen and oxygen atoms in total. The van der Waals surface area contributed by atoms with Gasteiger partial charge in [0.1, 0.15) is 0 Å². The molecule has 0 amide bonds. The highest BCUT2D eigenvalue weighted by molar-refractivity contribution is 5.14. The van der Waals surface area contributed by atoms with Crippen LogP contribution in [0.5, 0.6) is 0 Å². The first-order chi connectivity index (χ1) is 7.77. The Morgan fingerprint density at radius 1 is 1.56 bits per heavy atom. The molecule has 0 aromatic carbocycles. The molecule has 0 spiro atoms. The van der Waals surface area contributed by atoms with Gasteiger partial charge in [-0.1, -0.05) is 6.07 Å². The Balaban J connectivity index is 2.05. The third-order valence-corrected chi connectivity index (χ3v) is 3.36. The second kappa shape index (κ2) is 5.41. The van der Waals surface area contributed by atoms with Crippen LogP contribution in [0.3, 0.4) is 0 Å². The van der Waals surface area contributed by atoms with Crippen molar-refractivity contribution in [2.45, 2.75) is 31.3 Å². The molecule has 0 radical (unpaired) electrons. The van der Waals surface area contributed by atoms with E-state index in [4.69, 9.17) is 0 Å². The largest absolute Gasteiger partial charge is 0.314 e. The highest BCUT2D eigenvalue weighted by atomic mass is 15.1. The molecule has 16 heavy (non-hydrogen) atoms. The predicted molar refractivity (Wildman–Crippen MR) is 66.3 cm³/mol. The maximum absolute atomic E-state index is 4.22. The molecule has 88 valence electrons. The van der Waals surface area contributed by atoms with E-state index in [2.05, 4.69) is 35.4 Å². The molecule has 2 atom stereocenters. The number of nitrogens with zero attached hydrogens (tertiary/aromatic N) is 2. The molecular formula is C13H21N3. The van der Waals surface area contributed by atoms with Crippen molar-refractivity contribution in [3.63, 3.8) is 0 Å². The normalized spacial score (nSPS) is 22.6. The number of hydrogen-bond donors (Lipinski definition) is 1. The van der Waals surface area contributed by atoms with E-state index in [0.717, 1.165) is 0 Å². The van der Waals surface area contributed by atoms with Gasteiger partial charge in [0.2, 0.25) is 0 Å². The summed E-state index contributed by atoms with van der Waals surface area (Å²) >= 11 is 0. The maximum Gasteiger partial charge on any atom is 0.0372 e. The Labute approximate surface area is 97.9 Å². The molecule has 1 aliphatic rings. The molecule has 1 aromatic heterocycles. The van der Waals surface area contributed by atoms with Crippen LogP contribution in [0.25, 0.3) is 0 Å². The Bertz CT molecular complexity index is 304. The van der Waals surface area contributed by atoms with E-state index in [-0.39, 0.29) is 0 Å². The summed E-state index contributed by atoms with van der Waals surface area (Å²) in [6, 6.07) is 5.34. The van der Waals surface area contributed by atoms with Gasteiger partial charge in [-0.15, -0.1) is 0 Å². The van der Waals surface area contributed by atoms with Gasteiger partial charge in [-0.3, -0.25) is 4.98 Å². The highest BCUT2D eigenvalue weighted by Gasteiger charge is 2.22. The standard InChI is InChI=1S/C13H21N3/c1-16(2)13(9-12-6-4-8-15-12)11-5-3-7-14-10-11/h3,5,7,10,12-13,15H,4,6,8-9H2,1-2H3. The Hall–Kier alpha value is -0.930. The molecule has 2 unspecified atom stereocenters. The van der Waals surface area contributed by atoms with Crippen LogP contribution in [-0.2, 0) is 0 Å². The molecule has 0 bridgehead atoms. The van der Waals surface area contributed by atoms with Crippen LogP contribution >= 0.6 is 0 Å². The molecule has 2 rings (SSSR count). The number of pyridine rings is 1. The monoisotopic (exact) mass is 219 g/mol. The minimum absolute atomic E-state index is 0.476. The third-order valence-electron chi connectivity index (χ3n) is 3.36. The molecule has 3 heteroatoms. The number of nitrogens with one attached hydrogen (secondary N) is 1. The van der Waals surface area contributed by atoms with Crippen molar-refractivity contribution in [3.8, 4) is 0 Å². The topological polar surface area (TPSA) is 28.2 Å². The minimum atomic E-state index is 0.476. The molecule has 1 aliphatic heterocycles. The molecule has 0 aliphatic carbocycles. The Morgan fingerprint density at radius 2 is 2.44 bits per heavy atom. The fraction of sp³-hybridized carbons (Fsp3) is 0.615.